The van der Waals surface area contributed by atoms with Crippen molar-refractivity contribution in [1.82, 2.24) is 14.5 Å². The van der Waals surface area contributed by atoms with Crippen LogP contribution in [0.2, 0.25) is 0 Å². The predicted molar refractivity (Wildman–Crippen MR) is 67.9 cm³/mol. The Labute approximate surface area is 109 Å². The van der Waals surface area contributed by atoms with Crippen LogP contribution in [0.25, 0.3) is 0 Å². The Morgan fingerprint density at radius 3 is 2.74 bits per heavy atom. The van der Waals surface area contributed by atoms with Crippen LogP contribution in [0.1, 0.15) is 31.0 Å². The standard InChI is InChI=1S/C12H16N4O3/c1-15-10-7(3-2-6-13-10)16(12(15)19)8-4-5-9(17)14-11(8)18/h8,13H,2-6H2,1H3,(H,14,17,18). The Morgan fingerprint density at radius 2 is 2.00 bits per heavy atom. The van der Waals surface area contributed by atoms with Crippen LogP contribution in [0.4, 0.5) is 5.82 Å². The van der Waals surface area contributed by atoms with Crippen LogP contribution < -0.4 is 16.3 Å². The molecule has 102 valence electrons. The highest BCUT2D eigenvalue weighted by Gasteiger charge is 2.33. The summed E-state index contributed by atoms with van der Waals surface area (Å²) in [5.74, 6) is 0.149. The molecular formula is C12H16N4O3. The number of fused-ring (bicyclic) bond motifs is 1. The highest BCUT2D eigenvalue weighted by Crippen LogP contribution is 2.26. The van der Waals surface area contributed by atoms with Crippen molar-refractivity contribution in [2.75, 3.05) is 11.9 Å². The Morgan fingerprint density at radius 1 is 1.21 bits per heavy atom. The number of aromatic nitrogens is 2. The molecule has 0 radical (unpaired) electrons. The van der Waals surface area contributed by atoms with Gasteiger partial charge in [-0.15, -0.1) is 0 Å². The molecule has 0 bridgehead atoms. The molecule has 7 heteroatoms. The topological polar surface area (TPSA) is 85.1 Å². The summed E-state index contributed by atoms with van der Waals surface area (Å²) in [4.78, 5) is 35.4. The van der Waals surface area contributed by atoms with Crippen LogP contribution in [-0.2, 0) is 23.1 Å². The Balaban J connectivity index is 2.08. The fourth-order valence-electron chi connectivity index (χ4n) is 2.85. The molecule has 3 rings (SSSR count). The van der Waals surface area contributed by atoms with Crippen molar-refractivity contribution in [2.45, 2.75) is 31.7 Å². The average molecular weight is 264 g/mol. The number of amides is 2. The lowest BCUT2D eigenvalue weighted by Gasteiger charge is -2.24. The molecule has 2 aliphatic rings. The van der Waals surface area contributed by atoms with Crippen molar-refractivity contribution < 1.29 is 9.59 Å². The molecule has 1 unspecified atom stereocenters. The summed E-state index contributed by atoms with van der Waals surface area (Å²) in [7, 11) is 1.70. The zero-order chi connectivity index (χ0) is 13.6. The van der Waals surface area contributed by atoms with E-state index >= 15 is 0 Å². The van der Waals surface area contributed by atoms with Crippen LogP contribution in [0.3, 0.4) is 0 Å². The second kappa shape index (κ2) is 4.25. The molecule has 2 aliphatic heterocycles. The molecule has 1 aromatic heterocycles. The number of rotatable bonds is 1. The van der Waals surface area contributed by atoms with Crippen LogP contribution in [-0.4, -0.2) is 27.5 Å². The summed E-state index contributed by atoms with van der Waals surface area (Å²) in [6.45, 7) is 0.833. The maximum absolute atomic E-state index is 12.3. The van der Waals surface area contributed by atoms with Crippen molar-refractivity contribution in [3.05, 3.63) is 16.2 Å². The molecule has 0 aliphatic carbocycles. The van der Waals surface area contributed by atoms with Gasteiger partial charge in [0, 0.05) is 20.0 Å². The van der Waals surface area contributed by atoms with E-state index in [1.807, 2.05) is 0 Å². The number of imidazole rings is 1. The number of nitrogens with zero attached hydrogens (tertiary/aromatic N) is 2. The molecule has 0 saturated carbocycles. The maximum atomic E-state index is 12.3. The SMILES string of the molecule is Cn1c2c(n(C3CCC(=O)NC3=O)c1=O)CCCN2. The third kappa shape index (κ3) is 1.76. The number of hydrogen-bond acceptors (Lipinski definition) is 4. The van der Waals surface area contributed by atoms with Crippen LogP contribution in [0, 0.1) is 0 Å². The van der Waals surface area contributed by atoms with Crippen LogP contribution in [0.5, 0.6) is 0 Å². The molecule has 1 atom stereocenters. The van der Waals surface area contributed by atoms with E-state index in [0.717, 1.165) is 30.9 Å². The molecule has 7 nitrogen and oxygen atoms in total. The summed E-state index contributed by atoms with van der Waals surface area (Å²) in [5.41, 5.74) is 0.669. The van der Waals surface area contributed by atoms with E-state index in [0.29, 0.717) is 6.42 Å². The fourth-order valence-corrected chi connectivity index (χ4v) is 2.85. The van der Waals surface area contributed by atoms with E-state index < -0.39 is 6.04 Å². The van der Waals surface area contributed by atoms with Gasteiger partial charge >= 0.3 is 5.69 Å². The number of carbonyl (C=O) groups excluding carboxylic acids is 2. The van der Waals surface area contributed by atoms with Gasteiger partial charge in [-0.1, -0.05) is 0 Å². The number of piperidine rings is 1. The van der Waals surface area contributed by atoms with E-state index in [-0.39, 0.29) is 23.9 Å². The smallest absolute Gasteiger partial charge is 0.330 e. The van der Waals surface area contributed by atoms with Crippen molar-refractivity contribution in [1.29, 1.82) is 0 Å². The third-order valence-electron chi connectivity index (χ3n) is 3.80. The first-order chi connectivity index (χ1) is 9.09. The van der Waals surface area contributed by atoms with E-state index in [4.69, 9.17) is 0 Å². The minimum Gasteiger partial charge on any atom is -0.370 e. The second-order valence-corrected chi connectivity index (χ2v) is 5.00. The molecular weight excluding hydrogens is 248 g/mol. The normalized spacial score (nSPS) is 22.7. The zero-order valence-corrected chi connectivity index (χ0v) is 10.7. The lowest BCUT2D eigenvalue weighted by atomic mass is 10.0. The van der Waals surface area contributed by atoms with Crippen LogP contribution >= 0.6 is 0 Å². The molecule has 3 heterocycles. The quantitative estimate of drug-likeness (QED) is 0.671. The largest absolute Gasteiger partial charge is 0.370 e. The molecule has 2 amide bonds. The van der Waals surface area contributed by atoms with Crippen molar-refractivity contribution >= 4 is 17.6 Å². The first-order valence-electron chi connectivity index (χ1n) is 6.47. The van der Waals surface area contributed by atoms with E-state index in [9.17, 15) is 14.4 Å². The first-order valence-corrected chi connectivity index (χ1v) is 6.47. The van der Waals surface area contributed by atoms with Gasteiger partial charge in [-0.25, -0.2) is 4.79 Å². The molecule has 0 spiro atoms. The highest BCUT2D eigenvalue weighted by molar-refractivity contribution is 5.99. The van der Waals surface area contributed by atoms with Gasteiger partial charge in [0.1, 0.15) is 11.9 Å². The summed E-state index contributed by atoms with van der Waals surface area (Å²) in [6, 6.07) is -0.569. The van der Waals surface area contributed by atoms with Gasteiger partial charge in [0.05, 0.1) is 5.69 Å². The van der Waals surface area contributed by atoms with Gasteiger partial charge in [-0.05, 0) is 19.3 Å². The number of nitrogens with one attached hydrogen (secondary N) is 2. The molecule has 1 aromatic rings. The predicted octanol–water partition coefficient (Wildman–Crippen LogP) is -0.477. The number of carbonyl (C=O) groups is 2. The Bertz CT molecular complexity index is 613. The Kier molecular flexibility index (Phi) is 2.69. The Hall–Kier alpha value is -2.05. The molecule has 0 aromatic carbocycles. The molecule has 1 saturated heterocycles. The van der Waals surface area contributed by atoms with Gasteiger partial charge < -0.3 is 5.32 Å². The third-order valence-corrected chi connectivity index (χ3v) is 3.80. The van der Waals surface area contributed by atoms with Crippen molar-refractivity contribution in [2.24, 2.45) is 7.05 Å². The summed E-state index contributed by atoms with van der Waals surface area (Å²) in [6.07, 6.45) is 2.38. The summed E-state index contributed by atoms with van der Waals surface area (Å²) in [5, 5.41) is 5.50. The van der Waals surface area contributed by atoms with Gasteiger partial charge in [0.15, 0.2) is 0 Å². The minimum atomic E-state index is -0.569. The van der Waals surface area contributed by atoms with Crippen molar-refractivity contribution in [3.8, 4) is 0 Å². The first kappa shape index (κ1) is 12.0. The lowest BCUT2D eigenvalue weighted by Crippen LogP contribution is -2.44. The lowest BCUT2D eigenvalue weighted by molar-refractivity contribution is -0.135. The van der Waals surface area contributed by atoms with E-state index in [1.54, 1.807) is 11.6 Å². The minimum absolute atomic E-state index is 0.200. The monoisotopic (exact) mass is 264 g/mol. The van der Waals surface area contributed by atoms with Gasteiger partial charge in [0.25, 0.3) is 0 Å². The molecule has 1 fully saturated rings. The van der Waals surface area contributed by atoms with Gasteiger partial charge in [0.2, 0.25) is 11.8 Å². The summed E-state index contributed by atoms with van der Waals surface area (Å²) < 4.78 is 3.08. The zero-order valence-electron chi connectivity index (χ0n) is 10.7. The summed E-state index contributed by atoms with van der Waals surface area (Å²) >= 11 is 0. The fraction of sp³-hybridized carbons (Fsp3) is 0.583. The number of hydrogen-bond donors (Lipinski definition) is 2. The van der Waals surface area contributed by atoms with Gasteiger partial charge in [-0.3, -0.25) is 24.0 Å². The highest BCUT2D eigenvalue weighted by atomic mass is 16.2. The van der Waals surface area contributed by atoms with Gasteiger partial charge in [-0.2, -0.15) is 0 Å². The van der Waals surface area contributed by atoms with E-state index in [1.165, 1.54) is 4.57 Å². The molecule has 19 heavy (non-hydrogen) atoms. The number of anilines is 1. The maximum Gasteiger partial charge on any atom is 0.330 e. The molecule has 2 N–H and O–H groups in total. The average Bonchev–Trinajstić information content (AvgIpc) is 2.64. The van der Waals surface area contributed by atoms with Crippen LogP contribution in [0.15, 0.2) is 4.79 Å². The van der Waals surface area contributed by atoms with E-state index in [2.05, 4.69) is 10.6 Å². The second-order valence-electron chi connectivity index (χ2n) is 5.00. The van der Waals surface area contributed by atoms with Crippen molar-refractivity contribution in [3.63, 3.8) is 0 Å². The number of imide groups is 1.